The van der Waals surface area contributed by atoms with Crippen LogP contribution in [-0.2, 0) is 6.54 Å². The Kier molecular flexibility index (Phi) is 3.58. The van der Waals surface area contributed by atoms with Crippen LogP contribution in [0.25, 0.3) is 0 Å². The van der Waals surface area contributed by atoms with Gasteiger partial charge in [-0.05, 0) is 32.4 Å². The van der Waals surface area contributed by atoms with Crippen LogP contribution in [0.1, 0.15) is 18.2 Å². The summed E-state index contributed by atoms with van der Waals surface area (Å²) in [6.45, 7) is 7.53. The molecule has 0 radical (unpaired) electrons. The molecular weight excluding hydrogens is 142 g/mol. The first kappa shape index (κ1) is 9.63. The first-order valence-corrected chi connectivity index (χ1v) is 3.38. The van der Waals surface area contributed by atoms with Crippen molar-refractivity contribution in [2.45, 2.75) is 27.3 Å². The summed E-state index contributed by atoms with van der Waals surface area (Å²) in [7, 11) is 0. The largest absolute Gasteiger partial charge is 0.352 e. The minimum absolute atomic E-state index is 0. The standard InChI is InChI=1S/C8H13N.H2S/c1-4-9-6-5-7(2)8(9)3;/h5-6H,4H2,1-3H3;1H2. The Morgan fingerprint density at radius 3 is 2.20 bits per heavy atom. The molecule has 0 amide bonds. The minimum atomic E-state index is 0. The van der Waals surface area contributed by atoms with Gasteiger partial charge >= 0.3 is 0 Å². The molecule has 0 aliphatic rings. The summed E-state index contributed by atoms with van der Waals surface area (Å²) in [5, 5.41) is 0. The maximum atomic E-state index is 2.25. The van der Waals surface area contributed by atoms with E-state index in [1.807, 2.05) is 0 Å². The number of aromatic nitrogens is 1. The van der Waals surface area contributed by atoms with Gasteiger partial charge in [0.05, 0.1) is 0 Å². The maximum absolute atomic E-state index is 2.25. The first-order chi connectivity index (χ1) is 4.25. The number of hydrogen-bond donors (Lipinski definition) is 0. The number of rotatable bonds is 1. The third kappa shape index (κ3) is 1.57. The highest BCUT2D eigenvalue weighted by Crippen LogP contribution is 2.06. The second-order valence-corrected chi connectivity index (χ2v) is 2.37. The smallest absolute Gasteiger partial charge is 0.0193 e. The normalized spacial score (nSPS) is 9.10. The Hall–Kier alpha value is -0.370. The fourth-order valence-corrected chi connectivity index (χ4v) is 1.00. The van der Waals surface area contributed by atoms with Crippen molar-refractivity contribution in [3.63, 3.8) is 0 Å². The molecule has 1 heterocycles. The van der Waals surface area contributed by atoms with Gasteiger partial charge < -0.3 is 4.57 Å². The number of aryl methyl sites for hydroxylation is 2. The van der Waals surface area contributed by atoms with E-state index in [1.54, 1.807) is 0 Å². The summed E-state index contributed by atoms with van der Waals surface area (Å²) < 4.78 is 2.25. The molecule has 0 saturated heterocycles. The van der Waals surface area contributed by atoms with Crippen molar-refractivity contribution in [1.29, 1.82) is 0 Å². The highest BCUT2D eigenvalue weighted by atomic mass is 32.1. The van der Waals surface area contributed by atoms with Gasteiger partial charge in [-0.15, -0.1) is 0 Å². The molecule has 2 heteroatoms. The molecule has 58 valence electrons. The number of hydrogen-bond acceptors (Lipinski definition) is 0. The first-order valence-electron chi connectivity index (χ1n) is 3.38. The van der Waals surface area contributed by atoms with Gasteiger partial charge in [-0.2, -0.15) is 13.5 Å². The van der Waals surface area contributed by atoms with E-state index in [0.717, 1.165) is 6.54 Å². The van der Waals surface area contributed by atoms with E-state index in [1.165, 1.54) is 11.3 Å². The van der Waals surface area contributed by atoms with Crippen molar-refractivity contribution in [1.82, 2.24) is 4.57 Å². The molecule has 1 nitrogen and oxygen atoms in total. The Balaban J connectivity index is 0.000000810. The summed E-state index contributed by atoms with van der Waals surface area (Å²) in [4.78, 5) is 0. The SMILES string of the molecule is CCn1ccc(C)c1C.S. The van der Waals surface area contributed by atoms with Crippen LogP contribution >= 0.6 is 13.5 Å². The molecule has 0 fully saturated rings. The van der Waals surface area contributed by atoms with Crippen LogP contribution in [0.2, 0.25) is 0 Å². The summed E-state index contributed by atoms with van der Waals surface area (Å²) in [6.07, 6.45) is 2.13. The molecule has 0 aromatic carbocycles. The van der Waals surface area contributed by atoms with Crippen LogP contribution in [0, 0.1) is 13.8 Å². The Bertz CT molecular complexity index is 203. The van der Waals surface area contributed by atoms with Gasteiger partial charge in [0.1, 0.15) is 0 Å². The molecule has 0 aliphatic carbocycles. The van der Waals surface area contributed by atoms with Crippen molar-refractivity contribution >= 4 is 13.5 Å². The van der Waals surface area contributed by atoms with Crippen LogP contribution < -0.4 is 0 Å². The van der Waals surface area contributed by atoms with Crippen LogP contribution in [0.4, 0.5) is 0 Å². The van der Waals surface area contributed by atoms with Crippen molar-refractivity contribution in [3.8, 4) is 0 Å². The Morgan fingerprint density at radius 1 is 1.40 bits per heavy atom. The monoisotopic (exact) mass is 157 g/mol. The van der Waals surface area contributed by atoms with Crippen molar-refractivity contribution < 1.29 is 0 Å². The molecule has 0 saturated carbocycles. The van der Waals surface area contributed by atoms with Gasteiger partial charge in [-0.3, -0.25) is 0 Å². The van der Waals surface area contributed by atoms with Crippen molar-refractivity contribution in [3.05, 3.63) is 23.5 Å². The molecular formula is C8H15NS. The van der Waals surface area contributed by atoms with E-state index in [2.05, 4.69) is 37.6 Å². The third-order valence-electron chi connectivity index (χ3n) is 1.85. The zero-order valence-electron chi connectivity index (χ0n) is 6.81. The lowest BCUT2D eigenvalue weighted by Crippen LogP contribution is -1.93. The second kappa shape index (κ2) is 3.71. The highest BCUT2D eigenvalue weighted by Gasteiger charge is 1.95. The van der Waals surface area contributed by atoms with Gasteiger partial charge in [0.2, 0.25) is 0 Å². The van der Waals surface area contributed by atoms with E-state index >= 15 is 0 Å². The van der Waals surface area contributed by atoms with E-state index in [4.69, 9.17) is 0 Å². The minimum Gasteiger partial charge on any atom is -0.352 e. The molecule has 10 heavy (non-hydrogen) atoms. The zero-order chi connectivity index (χ0) is 6.85. The zero-order valence-corrected chi connectivity index (χ0v) is 7.81. The summed E-state index contributed by atoms with van der Waals surface area (Å²) >= 11 is 0. The Morgan fingerprint density at radius 2 is 2.00 bits per heavy atom. The second-order valence-electron chi connectivity index (χ2n) is 2.37. The maximum Gasteiger partial charge on any atom is 0.0193 e. The van der Waals surface area contributed by atoms with E-state index in [-0.39, 0.29) is 13.5 Å². The van der Waals surface area contributed by atoms with Crippen LogP contribution in [0.5, 0.6) is 0 Å². The fraction of sp³-hybridized carbons (Fsp3) is 0.500. The van der Waals surface area contributed by atoms with Crippen LogP contribution in [-0.4, -0.2) is 4.57 Å². The molecule has 0 N–H and O–H groups in total. The van der Waals surface area contributed by atoms with Gasteiger partial charge in [-0.1, -0.05) is 0 Å². The van der Waals surface area contributed by atoms with Crippen molar-refractivity contribution in [2.75, 3.05) is 0 Å². The van der Waals surface area contributed by atoms with Gasteiger partial charge in [-0.25, -0.2) is 0 Å². The molecule has 0 unspecified atom stereocenters. The van der Waals surface area contributed by atoms with E-state index < -0.39 is 0 Å². The van der Waals surface area contributed by atoms with Gasteiger partial charge in [0.15, 0.2) is 0 Å². The van der Waals surface area contributed by atoms with E-state index in [0.29, 0.717) is 0 Å². The van der Waals surface area contributed by atoms with Crippen LogP contribution in [0.3, 0.4) is 0 Å². The molecule has 0 spiro atoms. The average Bonchev–Trinajstić information content (AvgIpc) is 2.15. The van der Waals surface area contributed by atoms with E-state index in [9.17, 15) is 0 Å². The fourth-order valence-electron chi connectivity index (χ4n) is 1.00. The lowest BCUT2D eigenvalue weighted by atomic mass is 10.3. The molecule has 1 rings (SSSR count). The summed E-state index contributed by atoms with van der Waals surface area (Å²) in [5.41, 5.74) is 2.77. The summed E-state index contributed by atoms with van der Waals surface area (Å²) in [6, 6.07) is 2.15. The molecule has 1 aromatic rings. The van der Waals surface area contributed by atoms with Crippen molar-refractivity contribution in [2.24, 2.45) is 0 Å². The lowest BCUT2D eigenvalue weighted by molar-refractivity contribution is 0.740. The quantitative estimate of drug-likeness (QED) is 0.589. The lowest BCUT2D eigenvalue weighted by Gasteiger charge is -1.99. The van der Waals surface area contributed by atoms with Gasteiger partial charge in [0, 0.05) is 18.4 Å². The molecule has 1 aromatic heterocycles. The topological polar surface area (TPSA) is 4.93 Å². The molecule has 0 aliphatic heterocycles. The average molecular weight is 157 g/mol. The van der Waals surface area contributed by atoms with Crippen LogP contribution in [0.15, 0.2) is 12.3 Å². The third-order valence-corrected chi connectivity index (χ3v) is 1.85. The predicted molar refractivity (Wildman–Crippen MR) is 50.0 cm³/mol. The predicted octanol–water partition coefficient (Wildman–Crippen LogP) is 2.24. The highest BCUT2D eigenvalue weighted by molar-refractivity contribution is 7.59. The molecule has 0 bridgehead atoms. The van der Waals surface area contributed by atoms with Gasteiger partial charge in [0.25, 0.3) is 0 Å². The Labute approximate surface area is 69.5 Å². The number of nitrogens with zero attached hydrogens (tertiary/aromatic N) is 1. The summed E-state index contributed by atoms with van der Waals surface area (Å²) in [5.74, 6) is 0. The molecule has 0 atom stereocenters.